The Labute approximate surface area is 119 Å². The Bertz CT molecular complexity index is 436. The van der Waals surface area contributed by atoms with Gasteiger partial charge >= 0.3 is 6.09 Å². The molecule has 1 N–H and O–H groups in total. The van der Waals surface area contributed by atoms with E-state index < -0.39 is 5.60 Å². The first kappa shape index (κ1) is 13.8. The maximum Gasteiger partial charge on any atom is 0.407 e. The topological polar surface area (TPSA) is 51.2 Å². The standard InChI is InChI=1S/C12H17BrN2O2S/c1-12(2,3)17-11(16)15-8-4-7(5-8)10-14-6-9(13)18-10/h6-8H,4-5H2,1-3H3,(H,15,16). The van der Waals surface area contributed by atoms with Crippen LogP contribution < -0.4 is 5.32 Å². The first-order valence-electron chi connectivity index (χ1n) is 5.94. The summed E-state index contributed by atoms with van der Waals surface area (Å²) in [5.41, 5.74) is -0.437. The smallest absolute Gasteiger partial charge is 0.407 e. The number of amides is 1. The fourth-order valence-electron chi connectivity index (χ4n) is 1.87. The molecule has 4 nitrogen and oxygen atoms in total. The van der Waals surface area contributed by atoms with Crippen molar-refractivity contribution in [3.63, 3.8) is 0 Å². The van der Waals surface area contributed by atoms with Crippen LogP contribution in [0.1, 0.15) is 44.5 Å². The SMILES string of the molecule is CC(C)(C)OC(=O)NC1CC(c2ncc(Br)s2)C1. The number of hydrogen-bond acceptors (Lipinski definition) is 4. The molecule has 0 aromatic carbocycles. The fourth-order valence-corrected chi connectivity index (χ4v) is 3.24. The van der Waals surface area contributed by atoms with Gasteiger partial charge in [0.2, 0.25) is 0 Å². The summed E-state index contributed by atoms with van der Waals surface area (Å²) in [6, 6.07) is 0.215. The van der Waals surface area contributed by atoms with Gasteiger partial charge in [-0.3, -0.25) is 0 Å². The quantitative estimate of drug-likeness (QED) is 0.898. The van der Waals surface area contributed by atoms with Crippen LogP contribution in [0.25, 0.3) is 0 Å². The highest BCUT2D eigenvalue weighted by Gasteiger charge is 2.34. The molecule has 0 aliphatic heterocycles. The number of aromatic nitrogens is 1. The van der Waals surface area contributed by atoms with Crippen LogP contribution in [0.2, 0.25) is 0 Å². The summed E-state index contributed by atoms with van der Waals surface area (Å²) in [5.74, 6) is 0.473. The lowest BCUT2D eigenvalue weighted by molar-refractivity contribution is 0.0471. The van der Waals surface area contributed by atoms with Crippen LogP contribution in [0, 0.1) is 0 Å². The van der Waals surface area contributed by atoms with Gasteiger partial charge in [-0.25, -0.2) is 9.78 Å². The first-order valence-corrected chi connectivity index (χ1v) is 7.55. The molecule has 0 unspecified atom stereocenters. The van der Waals surface area contributed by atoms with Crippen LogP contribution in [-0.2, 0) is 4.74 Å². The molecule has 0 spiro atoms. The molecular weight excluding hydrogens is 316 g/mol. The Hall–Kier alpha value is -0.620. The Morgan fingerprint density at radius 3 is 2.72 bits per heavy atom. The molecule has 0 atom stereocenters. The molecule has 1 aromatic heterocycles. The summed E-state index contributed by atoms with van der Waals surface area (Å²) >= 11 is 5.07. The summed E-state index contributed by atoms with van der Waals surface area (Å²) in [6.45, 7) is 5.59. The fraction of sp³-hybridized carbons (Fsp3) is 0.667. The largest absolute Gasteiger partial charge is 0.444 e. The molecule has 6 heteroatoms. The van der Waals surface area contributed by atoms with Crippen LogP contribution in [0.3, 0.4) is 0 Å². The highest BCUT2D eigenvalue weighted by Crippen LogP contribution is 2.39. The van der Waals surface area contributed by atoms with E-state index in [4.69, 9.17) is 4.74 Å². The number of carbonyl (C=O) groups excluding carboxylic acids is 1. The highest BCUT2D eigenvalue weighted by molar-refractivity contribution is 9.11. The molecule has 0 bridgehead atoms. The molecule has 1 amide bonds. The lowest BCUT2D eigenvalue weighted by Gasteiger charge is -2.34. The van der Waals surface area contributed by atoms with Crippen molar-refractivity contribution >= 4 is 33.4 Å². The first-order chi connectivity index (χ1) is 8.33. The highest BCUT2D eigenvalue weighted by atomic mass is 79.9. The molecule has 18 heavy (non-hydrogen) atoms. The molecule has 1 aliphatic rings. The van der Waals surface area contributed by atoms with Gasteiger partial charge in [-0.05, 0) is 49.5 Å². The van der Waals surface area contributed by atoms with E-state index in [2.05, 4.69) is 26.2 Å². The van der Waals surface area contributed by atoms with Crippen molar-refractivity contribution in [2.24, 2.45) is 0 Å². The molecule has 0 radical (unpaired) electrons. The van der Waals surface area contributed by atoms with Crippen molar-refractivity contribution in [1.82, 2.24) is 10.3 Å². The average molecular weight is 333 g/mol. The van der Waals surface area contributed by atoms with E-state index in [1.807, 2.05) is 27.0 Å². The molecule has 1 aliphatic carbocycles. The second-order valence-corrected chi connectivity index (χ2v) is 7.96. The van der Waals surface area contributed by atoms with E-state index in [1.165, 1.54) is 0 Å². The minimum atomic E-state index is -0.437. The third-order valence-electron chi connectivity index (χ3n) is 2.70. The Balaban J connectivity index is 1.75. The van der Waals surface area contributed by atoms with E-state index in [1.54, 1.807) is 11.3 Å². The van der Waals surface area contributed by atoms with Crippen LogP contribution in [-0.4, -0.2) is 22.7 Å². The Morgan fingerprint density at radius 1 is 1.56 bits per heavy atom. The van der Waals surface area contributed by atoms with Gasteiger partial charge in [0, 0.05) is 12.0 Å². The van der Waals surface area contributed by atoms with Crippen molar-refractivity contribution in [1.29, 1.82) is 0 Å². The van der Waals surface area contributed by atoms with Gasteiger partial charge < -0.3 is 10.1 Å². The normalized spacial score (nSPS) is 23.3. The molecule has 1 fully saturated rings. The number of nitrogens with one attached hydrogen (secondary N) is 1. The minimum Gasteiger partial charge on any atom is -0.444 e. The Kier molecular flexibility index (Phi) is 3.96. The minimum absolute atomic E-state index is 0.215. The van der Waals surface area contributed by atoms with Crippen molar-refractivity contribution in [2.75, 3.05) is 0 Å². The third kappa shape index (κ3) is 3.68. The number of nitrogens with zero attached hydrogens (tertiary/aromatic N) is 1. The second-order valence-electron chi connectivity index (χ2n) is 5.51. The third-order valence-corrected chi connectivity index (χ3v) is 4.34. The van der Waals surface area contributed by atoms with Gasteiger partial charge in [-0.2, -0.15) is 0 Å². The molecule has 1 heterocycles. The van der Waals surface area contributed by atoms with Crippen LogP contribution >= 0.6 is 27.3 Å². The maximum atomic E-state index is 11.6. The number of carbonyl (C=O) groups is 1. The van der Waals surface area contributed by atoms with E-state index in [0.717, 1.165) is 21.6 Å². The van der Waals surface area contributed by atoms with Gasteiger partial charge in [0.1, 0.15) is 5.60 Å². The molecular formula is C12H17BrN2O2S. The zero-order valence-corrected chi connectivity index (χ0v) is 13.1. The summed E-state index contributed by atoms with van der Waals surface area (Å²) in [4.78, 5) is 15.9. The average Bonchev–Trinajstić information content (AvgIpc) is 2.54. The van der Waals surface area contributed by atoms with Gasteiger partial charge in [-0.15, -0.1) is 11.3 Å². The molecule has 0 saturated heterocycles. The maximum absolute atomic E-state index is 11.6. The van der Waals surface area contributed by atoms with Crippen LogP contribution in [0.4, 0.5) is 4.79 Å². The summed E-state index contributed by atoms with van der Waals surface area (Å²) in [5, 5.41) is 4.03. The Morgan fingerprint density at radius 2 is 2.22 bits per heavy atom. The van der Waals surface area contributed by atoms with Crippen molar-refractivity contribution in [3.05, 3.63) is 15.0 Å². The monoisotopic (exact) mass is 332 g/mol. The number of rotatable bonds is 2. The zero-order valence-electron chi connectivity index (χ0n) is 10.7. The molecule has 100 valence electrons. The van der Waals surface area contributed by atoms with Crippen molar-refractivity contribution in [2.45, 2.75) is 51.2 Å². The predicted molar refractivity (Wildman–Crippen MR) is 74.9 cm³/mol. The van der Waals surface area contributed by atoms with E-state index in [0.29, 0.717) is 5.92 Å². The van der Waals surface area contributed by atoms with E-state index in [-0.39, 0.29) is 12.1 Å². The van der Waals surface area contributed by atoms with Gasteiger partial charge in [0.15, 0.2) is 0 Å². The number of alkyl carbamates (subject to hydrolysis) is 1. The number of halogens is 1. The van der Waals surface area contributed by atoms with Gasteiger partial charge in [0.05, 0.1) is 15.0 Å². The van der Waals surface area contributed by atoms with Gasteiger partial charge in [0.25, 0.3) is 0 Å². The van der Waals surface area contributed by atoms with Gasteiger partial charge in [-0.1, -0.05) is 0 Å². The predicted octanol–water partition coefficient (Wildman–Crippen LogP) is 3.68. The zero-order chi connectivity index (χ0) is 13.3. The van der Waals surface area contributed by atoms with E-state index >= 15 is 0 Å². The number of ether oxygens (including phenoxy) is 1. The van der Waals surface area contributed by atoms with Crippen LogP contribution in [0.15, 0.2) is 9.98 Å². The van der Waals surface area contributed by atoms with Crippen molar-refractivity contribution in [3.8, 4) is 0 Å². The second kappa shape index (κ2) is 5.17. The van der Waals surface area contributed by atoms with Crippen LogP contribution in [0.5, 0.6) is 0 Å². The molecule has 1 aromatic rings. The molecule has 2 rings (SSSR count). The lowest BCUT2D eigenvalue weighted by atomic mass is 9.81. The lowest BCUT2D eigenvalue weighted by Crippen LogP contribution is -2.45. The summed E-state index contributed by atoms with van der Waals surface area (Å²) < 4.78 is 6.28. The number of hydrogen-bond donors (Lipinski definition) is 1. The van der Waals surface area contributed by atoms with Crippen molar-refractivity contribution < 1.29 is 9.53 Å². The number of thiazole rings is 1. The van der Waals surface area contributed by atoms with E-state index in [9.17, 15) is 4.79 Å². The summed E-state index contributed by atoms with van der Waals surface area (Å²) in [6.07, 6.45) is 3.39. The summed E-state index contributed by atoms with van der Waals surface area (Å²) in [7, 11) is 0. The molecule has 1 saturated carbocycles.